The first-order chi connectivity index (χ1) is 8.08. The van der Waals surface area contributed by atoms with Gasteiger partial charge in [0, 0.05) is 23.4 Å². The summed E-state index contributed by atoms with van der Waals surface area (Å²) >= 11 is 9.36. The number of anilines is 1. The molecule has 0 aliphatic rings. The van der Waals surface area contributed by atoms with Gasteiger partial charge >= 0.3 is 0 Å². The molecule has 0 aliphatic carbocycles. The topological polar surface area (TPSA) is 29.9 Å². The van der Waals surface area contributed by atoms with Crippen molar-refractivity contribution in [3.8, 4) is 0 Å². The van der Waals surface area contributed by atoms with E-state index in [-0.39, 0.29) is 6.04 Å². The van der Waals surface area contributed by atoms with E-state index < -0.39 is 0 Å². The van der Waals surface area contributed by atoms with Gasteiger partial charge in [-0.05, 0) is 47.1 Å². The number of halogens is 2. The Morgan fingerprint density at radius 3 is 2.76 bits per heavy atom. The first-order valence-electron chi connectivity index (χ1n) is 5.27. The van der Waals surface area contributed by atoms with Crippen molar-refractivity contribution in [1.82, 2.24) is 9.78 Å². The monoisotopic (exact) mass is 313 g/mol. The maximum atomic E-state index is 5.95. The largest absolute Gasteiger partial charge is 0.377 e. The molecule has 0 spiro atoms. The van der Waals surface area contributed by atoms with Crippen LogP contribution in [0, 0.1) is 0 Å². The summed E-state index contributed by atoms with van der Waals surface area (Å²) in [6, 6.07) is 7.98. The van der Waals surface area contributed by atoms with Gasteiger partial charge in [0.05, 0.1) is 16.8 Å². The fourth-order valence-electron chi connectivity index (χ4n) is 1.72. The maximum absolute atomic E-state index is 5.95. The Hall–Kier alpha value is -1.00. The van der Waals surface area contributed by atoms with Crippen molar-refractivity contribution >= 4 is 33.2 Å². The van der Waals surface area contributed by atoms with Gasteiger partial charge in [-0.2, -0.15) is 5.10 Å². The lowest BCUT2D eigenvalue weighted by Crippen LogP contribution is -2.11. The molecule has 1 unspecified atom stereocenters. The van der Waals surface area contributed by atoms with Gasteiger partial charge in [-0.25, -0.2) is 0 Å². The number of nitrogens with zero attached hydrogens (tertiary/aromatic N) is 2. The molecule has 1 heterocycles. The first-order valence-corrected chi connectivity index (χ1v) is 6.44. The van der Waals surface area contributed by atoms with Crippen molar-refractivity contribution in [2.45, 2.75) is 13.0 Å². The summed E-state index contributed by atoms with van der Waals surface area (Å²) in [5.41, 5.74) is 2.16. The summed E-state index contributed by atoms with van der Waals surface area (Å²) in [4.78, 5) is 0. The molecule has 90 valence electrons. The van der Waals surface area contributed by atoms with Crippen molar-refractivity contribution in [3.05, 3.63) is 45.7 Å². The van der Waals surface area contributed by atoms with Crippen LogP contribution in [0.5, 0.6) is 0 Å². The molecule has 1 N–H and O–H groups in total. The Morgan fingerprint density at radius 1 is 1.41 bits per heavy atom. The van der Waals surface area contributed by atoms with Crippen LogP contribution in [0.4, 0.5) is 5.69 Å². The van der Waals surface area contributed by atoms with Crippen molar-refractivity contribution in [1.29, 1.82) is 0 Å². The molecule has 0 saturated carbocycles. The Morgan fingerprint density at radius 2 is 2.18 bits per heavy atom. The molecule has 1 atom stereocenters. The molecular weight excluding hydrogens is 302 g/mol. The normalized spacial score (nSPS) is 12.5. The highest BCUT2D eigenvalue weighted by Crippen LogP contribution is 2.27. The Labute approximate surface area is 114 Å². The number of aromatic nitrogens is 2. The fourth-order valence-corrected chi connectivity index (χ4v) is 2.22. The van der Waals surface area contributed by atoms with Crippen LogP contribution in [0.25, 0.3) is 0 Å². The number of benzene rings is 1. The van der Waals surface area contributed by atoms with Crippen LogP contribution in [0.1, 0.15) is 18.7 Å². The van der Waals surface area contributed by atoms with E-state index >= 15 is 0 Å². The molecule has 0 amide bonds. The second-order valence-electron chi connectivity index (χ2n) is 3.87. The molecule has 1 aromatic heterocycles. The minimum atomic E-state index is 0.190. The second-order valence-corrected chi connectivity index (χ2v) is 5.14. The van der Waals surface area contributed by atoms with Gasteiger partial charge in [-0.15, -0.1) is 0 Å². The van der Waals surface area contributed by atoms with Crippen molar-refractivity contribution in [2.24, 2.45) is 7.05 Å². The molecule has 0 aliphatic heterocycles. The Kier molecular flexibility index (Phi) is 3.74. The highest BCUT2D eigenvalue weighted by molar-refractivity contribution is 9.10. The number of rotatable bonds is 3. The zero-order chi connectivity index (χ0) is 12.4. The van der Waals surface area contributed by atoms with E-state index in [1.807, 2.05) is 36.0 Å². The average Bonchev–Trinajstić information content (AvgIpc) is 2.70. The first kappa shape index (κ1) is 12.5. The smallest absolute Gasteiger partial charge is 0.0653 e. The van der Waals surface area contributed by atoms with E-state index in [2.05, 4.69) is 33.3 Å². The van der Waals surface area contributed by atoms with E-state index in [0.29, 0.717) is 5.02 Å². The average molecular weight is 315 g/mol. The number of hydrogen-bond acceptors (Lipinski definition) is 2. The SMILES string of the molecule is CC(Nc1ccc(Cl)c(Br)c1)c1ccnn1C. The zero-order valence-electron chi connectivity index (χ0n) is 9.61. The molecule has 5 heteroatoms. The minimum Gasteiger partial charge on any atom is -0.377 e. The van der Waals surface area contributed by atoms with E-state index in [4.69, 9.17) is 11.6 Å². The lowest BCUT2D eigenvalue weighted by atomic mass is 10.2. The quantitative estimate of drug-likeness (QED) is 0.927. The summed E-state index contributed by atoms with van der Waals surface area (Å²) in [6.07, 6.45) is 1.80. The summed E-state index contributed by atoms with van der Waals surface area (Å²) in [6.45, 7) is 2.10. The summed E-state index contributed by atoms with van der Waals surface area (Å²) < 4.78 is 2.75. The standard InChI is InChI=1S/C12H13BrClN3/c1-8(12-5-6-15-17(12)2)16-9-3-4-11(14)10(13)7-9/h3-8,16H,1-2H3. The van der Waals surface area contributed by atoms with E-state index in [1.54, 1.807) is 6.20 Å². The van der Waals surface area contributed by atoms with Crippen LogP contribution in [-0.2, 0) is 7.05 Å². The predicted octanol–water partition coefficient (Wildman–Crippen LogP) is 4.01. The zero-order valence-corrected chi connectivity index (χ0v) is 12.0. The molecular formula is C12H13BrClN3. The summed E-state index contributed by atoms with van der Waals surface area (Å²) in [5, 5.41) is 8.27. The summed E-state index contributed by atoms with van der Waals surface area (Å²) in [7, 11) is 1.94. The van der Waals surface area contributed by atoms with Crippen LogP contribution in [-0.4, -0.2) is 9.78 Å². The molecule has 2 rings (SSSR count). The third kappa shape index (κ3) is 2.82. The molecule has 0 saturated heterocycles. The highest BCUT2D eigenvalue weighted by atomic mass is 79.9. The van der Waals surface area contributed by atoms with Crippen molar-refractivity contribution in [3.63, 3.8) is 0 Å². The Balaban J connectivity index is 2.16. The number of aryl methyl sites for hydroxylation is 1. The van der Waals surface area contributed by atoms with E-state index in [1.165, 1.54) is 0 Å². The second kappa shape index (κ2) is 5.10. The highest BCUT2D eigenvalue weighted by Gasteiger charge is 2.09. The number of nitrogens with one attached hydrogen (secondary N) is 1. The molecule has 3 nitrogen and oxygen atoms in total. The van der Waals surface area contributed by atoms with E-state index in [9.17, 15) is 0 Å². The van der Waals surface area contributed by atoms with Crippen LogP contribution < -0.4 is 5.32 Å². The van der Waals surface area contributed by atoms with Gasteiger partial charge in [0.15, 0.2) is 0 Å². The predicted molar refractivity (Wildman–Crippen MR) is 74.4 cm³/mol. The third-order valence-corrected chi connectivity index (χ3v) is 3.82. The van der Waals surface area contributed by atoms with Gasteiger partial charge in [-0.3, -0.25) is 4.68 Å². The van der Waals surface area contributed by atoms with Gasteiger partial charge in [0.25, 0.3) is 0 Å². The molecule has 2 aromatic rings. The van der Waals surface area contributed by atoms with Crippen LogP contribution in [0.15, 0.2) is 34.9 Å². The van der Waals surface area contributed by atoms with Crippen molar-refractivity contribution < 1.29 is 0 Å². The van der Waals surface area contributed by atoms with Crippen molar-refractivity contribution in [2.75, 3.05) is 5.32 Å². The van der Waals surface area contributed by atoms with Gasteiger partial charge < -0.3 is 5.32 Å². The number of hydrogen-bond donors (Lipinski definition) is 1. The molecule has 0 fully saturated rings. The Bertz CT molecular complexity index is 524. The van der Waals surface area contributed by atoms with Crippen LogP contribution in [0.3, 0.4) is 0 Å². The van der Waals surface area contributed by atoms with E-state index in [0.717, 1.165) is 15.9 Å². The van der Waals surface area contributed by atoms with Gasteiger partial charge in [0.1, 0.15) is 0 Å². The minimum absolute atomic E-state index is 0.190. The van der Waals surface area contributed by atoms with Crippen LogP contribution >= 0.6 is 27.5 Å². The van der Waals surface area contributed by atoms with Gasteiger partial charge in [-0.1, -0.05) is 11.6 Å². The molecule has 1 aromatic carbocycles. The van der Waals surface area contributed by atoms with Crippen LogP contribution in [0.2, 0.25) is 5.02 Å². The maximum Gasteiger partial charge on any atom is 0.0653 e. The summed E-state index contributed by atoms with van der Waals surface area (Å²) in [5.74, 6) is 0. The van der Waals surface area contributed by atoms with Gasteiger partial charge in [0.2, 0.25) is 0 Å². The lowest BCUT2D eigenvalue weighted by Gasteiger charge is -2.16. The fraction of sp³-hybridized carbons (Fsp3) is 0.250. The third-order valence-electron chi connectivity index (χ3n) is 2.61. The molecule has 17 heavy (non-hydrogen) atoms. The lowest BCUT2D eigenvalue weighted by molar-refractivity contribution is 0.676. The molecule has 0 radical (unpaired) electrons. The molecule has 0 bridgehead atoms.